The minimum Gasteiger partial charge on any atom is -0.310 e. The van der Waals surface area contributed by atoms with E-state index in [1.165, 1.54) is 60.8 Å². The molecule has 0 atom stereocenters. The molecule has 0 unspecified atom stereocenters. The van der Waals surface area contributed by atoms with Gasteiger partial charge in [0, 0.05) is 33.5 Å². The number of aryl methyl sites for hydroxylation is 1. The van der Waals surface area contributed by atoms with Crippen molar-refractivity contribution in [3.63, 3.8) is 0 Å². The lowest BCUT2D eigenvalue weighted by atomic mass is 9.74. The average molecular weight is 881 g/mol. The molecule has 326 valence electrons. The molecule has 0 amide bonds. The zero-order valence-electron chi connectivity index (χ0n) is 38.4. The van der Waals surface area contributed by atoms with Gasteiger partial charge < -0.3 is 9.47 Å². The van der Waals surface area contributed by atoms with Crippen molar-refractivity contribution in [2.75, 3.05) is 4.90 Å². The summed E-state index contributed by atoms with van der Waals surface area (Å²) in [7, 11) is 0. The van der Waals surface area contributed by atoms with Crippen LogP contribution in [-0.2, 0) is 0 Å². The molecule has 0 saturated heterocycles. The third-order valence-corrected chi connectivity index (χ3v) is 13.5. The average Bonchev–Trinajstić information content (AvgIpc) is 3.76. The van der Waals surface area contributed by atoms with Crippen LogP contribution in [0.1, 0.15) is 5.56 Å². The van der Waals surface area contributed by atoms with Gasteiger partial charge in [0.05, 0.1) is 11.0 Å². The molecule has 0 fully saturated rings. The minimum atomic E-state index is 1.09. The largest absolute Gasteiger partial charge is 0.310 e. The summed E-state index contributed by atoms with van der Waals surface area (Å²) in [4.78, 5) is 2.37. The second kappa shape index (κ2) is 18.0. The Labute approximate surface area is 404 Å². The lowest BCUT2D eigenvalue weighted by Gasteiger charge is -2.30. The second-order valence-electron chi connectivity index (χ2n) is 17.6. The van der Waals surface area contributed by atoms with E-state index in [9.17, 15) is 0 Å². The smallest absolute Gasteiger partial charge is 0.0541 e. The molecule has 12 aromatic rings. The Bertz CT molecular complexity index is 3570. The first kappa shape index (κ1) is 41.5. The van der Waals surface area contributed by atoms with Crippen LogP contribution in [-0.4, -0.2) is 4.57 Å². The van der Waals surface area contributed by atoms with Crippen molar-refractivity contribution in [1.29, 1.82) is 0 Å². The maximum Gasteiger partial charge on any atom is 0.0541 e. The van der Waals surface area contributed by atoms with Crippen molar-refractivity contribution in [2.24, 2.45) is 0 Å². The van der Waals surface area contributed by atoms with E-state index in [0.717, 1.165) is 56.1 Å². The molecule has 1 heterocycles. The lowest BCUT2D eigenvalue weighted by molar-refractivity contribution is 1.18. The molecule has 11 aromatic carbocycles. The summed E-state index contributed by atoms with van der Waals surface area (Å²) in [6.07, 6.45) is 0. The number of fused-ring (bicyclic) bond motifs is 3. The number of hydrogen-bond donors (Lipinski definition) is 0. The van der Waals surface area contributed by atoms with Gasteiger partial charge in [0.2, 0.25) is 0 Å². The highest BCUT2D eigenvalue weighted by Crippen LogP contribution is 2.56. The van der Waals surface area contributed by atoms with Gasteiger partial charge in [0.15, 0.2) is 0 Å². The monoisotopic (exact) mass is 880 g/mol. The van der Waals surface area contributed by atoms with Crippen LogP contribution in [0.3, 0.4) is 0 Å². The van der Waals surface area contributed by atoms with Crippen LogP contribution in [0.5, 0.6) is 0 Å². The second-order valence-corrected chi connectivity index (χ2v) is 17.6. The van der Waals surface area contributed by atoms with Gasteiger partial charge in [0.25, 0.3) is 0 Å². The number of aromatic nitrogens is 1. The van der Waals surface area contributed by atoms with E-state index in [0.29, 0.717) is 0 Å². The van der Waals surface area contributed by atoms with Crippen LogP contribution < -0.4 is 4.90 Å². The van der Waals surface area contributed by atoms with Crippen LogP contribution in [0, 0.1) is 6.92 Å². The maximum absolute atomic E-state index is 2.40. The molecule has 0 spiro atoms. The third kappa shape index (κ3) is 7.49. The minimum absolute atomic E-state index is 1.09. The molecule has 2 heteroatoms. The number of para-hydroxylation sites is 4. The van der Waals surface area contributed by atoms with E-state index in [4.69, 9.17) is 0 Å². The SMILES string of the molecule is Cc1ccccc1N(c1ccccc1)c1ccc(-c2c(-c3ccccc3)c(-c3ccccc3)c(-c3ccc(-n4c5ccccc5c5ccccc54)cc3)c(-c3ccccc3)c2-c2ccccc2)cc1. The zero-order chi connectivity index (χ0) is 46.1. The summed E-state index contributed by atoms with van der Waals surface area (Å²) in [5.74, 6) is 0. The lowest BCUT2D eigenvalue weighted by Crippen LogP contribution is -2.11. The highest BCUT2D eigenvalue weighted by molar-refractivity contribution is 6.15. The van der Waals surface area contributed by atoms with Gasteiger partial charge in [-0.2, -0.15) is 0 Å². The van der Waals surface area contributed by atoms with E-state index in [2.05, 4.69) is 289 Å². The number of rotatable bonds is 10. The molecule has 0 aliphatic heterocycles. The summed E-state index contributed by atoms with van der Waals surface area (Å²) in [6, 6.07) is 99.4. The standard InChI is InChI=1S/C67H48N2/c1-47-23-17-20-36-59(47)68(54-32-15-6-16-33-54)55-43-39-52(40-44-55)66-62(48-24-7-2-8-25-48)64(50-28-11-4-12-29-50)67(65(51-30-13-5-14-31-51)63(66)49-26-9-3-10-27-49)53-41-45-56(46-42-53)69-60-37-21-18-34-57(60)58-35-19-22-38-61(58)69/h2-46H,1H3. The Morgan fingerprint density at radius 2 is 0.565 bits per heavy atom. The fourth-order valence-corrected chi connectivity index (χ4v) is 10.5. The van der Waals surface area contributed by atoms with Crippen LogP contribution in [0.2, 0.25) is 0 Å². The quantitative estimate of drug-likeness (QED) is 0.133. The van der Waals surface area contributed by atoms with Crippen LogP contribution >= 0.6 is 0 Å². The van der Waals surface area contributed by atoms with Crippen molar-refractivity contribution in [2.45, 2.75) is 6.92 Å². The highest BCUT2D eigenvalue weighted by Gasteiger charge is 2.29. The van der Waals surface area contributed by atoms with Gasteiger partial charge in [-0.3, -0.25) is 0 Å². The normalized spacial score (nSPS) is 11.3. The topological polar surface area (TPSA) is 8.17 Å². The molecule has 0 aliphatic carbocycles. The molecular weight excluding hydrogens is 833 g/mol. The van der Waals surface area contributed by atoms with Gasteiger partial charge >= 0.3 is 0 Å². The number of anilines is 3. The summed E-state index contributed by atoms with van der Waals surface area (Å²) >= 11 is 0. The van der Waals surface area contributed by atoms with E-state index < -0.39 is 0 Å². The zero-order valence-corrected chi connectivity index (χ0v) is 38.4. The Kier molecular flexibility index (Phi) is 10.8. The molecule has 0 aliphatic rings. The predicted octanol–water partition coefficient (Wildman–Crippen LogP) is 18.6. The molecule has 2 nitrogen and oxygen atoms in total. The van der Waals surface area contributed by atoms with E-state index in [-0.39, 0.29) is 0 Å². The first-order valence-corrected chi connectivity index (χ1v) is 23.8. The van der Waals surface area contributed by atoms with Crippen molar-refractivity contribution >= 4 is 38.9 Å². The predicted molar refractivity (Wildman–Crippen MR) is 293 cm³/mol. The summed E-state index contributed by atoms with van der Waals surface area (Å²) < 4.78 is 2.40. The fraction of sp³-hybridized carbons (Fsp3) is 0.0149. The molecule has 1 aromatic heterocycles. The molecule has 0 saturated carbocycles. The molecule has 69 heavy (non-hydrogen) atoms. The van der Waals surface area contributed by atoms with Crippen molar-refractivity contribution < 1.29 is 0 Å². The van der Waals surface area contributed by atoms with Gasteiger partial charge in [-0.15, -0.1) is 0 Å². The Morgan fingerprint density at radius 3 is 0.971 bits per heavy atom. The first-order valence-electron chi connectivity index (χ1n) is 23.8. The van der Waals surface area contributed by atoms with E-state index >= 15 is 0 Å². The van der Waals surface area contributed by atoms with E-state index in [1.807, 2.05) is 0 Å². The van der Waals surface area contributed by atoms with Crippen molar-refractivity contribution in [3.05, 3.63) is 279 Å². The Morgan fingerprint density at radius 1 is 0.261 bits per heavy atom. The molecule has 0 radical (unpaired) electrons. The molecule has 0 N–H and O–H groups in total. The Hall–Kier alpha value is -8.98. The first-order chi connectivity index (χ1) is 34.2. The summed E-state index contributed by atoms with van der Waals surface area (Å²) in [6.45, 7) is 2.19. The van der Waals surface area contributed by atoms with Crippen LogP contribution in [0.4, 0.5) is 17.1 Å². The van der Waals surface area contributed by atoms with Gasteiger partial charge in [0.1, 0.15) is 0 Å². The molecular formula is C67H48N2. The molecule has 12 rings (SSSR count). The van der Waals surface area contributed by atoms with Crippen molar-refractivity contribution in [3.8, 4) is 72.4 Å². The van der Waals surface area contributed by atoms with Gasteiger partial charge in [-0.1, -0.05) is 218 Å². The summed E-state index contributed by atoms with van der Waals surface area (Å²) in [5.41, 5.74) is 22.1. The van der Waals surface area contributed by atoms with Gasteiger partial charge in [-0.25, -0.2) is 0 Å². The molecule has 0 bridgehead atoms. The van der Waals surface area contributed by atoms with Gasteiger partial charge in [-0.05, 0) is 134 Å². The van der Waals surface area contributed by atoms with Crippen molar-refractivity contribution in [1.82, 2.24) is 4.57 Å². The summed E-state index contributed by atoms with van der Waals surface area (Å²) in [5, 5.41) is 2.50. The van der Waals surface area contributed by atoms with Crippen LogP contribution in [0.25, 0.3) is 94.3 Å². The fourth-order valence-electron chi connectivity index (χ4n) is 10.5. The van der Waals surface area contributed by atoms with E-state index in [1.54, 1.807) is 0 Å². The highest BCUT2D eigenvalue weighted by atomic mass is 15.1. The third-order valence-electron chi connectivity index (χ3n) is 13.5. The number of benzene rings is 11. The number of hydrogen-bond acceptors (Lipinski definition) is 1. The maximum atomic E-state index is 2.40. The van der Waals surface area contributed by atoms with Crippen LogP contribution in [0.15, 0.2) is 273 Å². The Balaban J connectivity index is 1.18. The number of nitrogens with zero attached hydrogens (tertiary/aromatic N) is 2.